The third-order valence-electron chi connectivity index (χ3n) is 2.12. The van der Waals surface area contributed by atoms with Gasteiger partial charge in [-0.05, 0) is 26.7 Å². The average Bonchev–Trinajstić information content (AvgIpc) is 1.95. The van der Waals surface area contributed by atoms with Gasteiger partial charge in [-0.25, -0.2) is 0 Å². The summed E-state index contributed by atoms with van der Waals surface area (Å²) >= 11 is 0. The normalized spacial score (nSPS) is 29.7. The van der Waals surface area contributed by atoms with Crippen molar-refractivity contribution in [1.82, 2.24) is 0 Å². The van der Waals surface area contributed by atoms with Crippen LogP contribution in [0.2, 0.25) is 0 Å². The summed E-state index contributed by atoms with van der Waals surface area (Å²) in [5, 5.41) is 8.70. The first kappa shape index (κ1) is 8.53. The fraction of sp³-hybridized carbons (Fsp3) is 0.875. The summed E-state index contributed by atoms with van der Waals surface area (Å²) in [7, 11) is 0. The zero-order valence-electron chi connectivity index (χ0n) is 6.96. The first-order valence-electron chi connectivity index (χ1n) is 3.88. The molecule has 0 aromatic rings. The van der Waals surface area contributed by atoms with Crippen LogP contribution in [0.3, 0.4) is 0 Å². The summed E-state index contributed by atoms with van der Waals surface area (Å²) in [6.07, 6.45) is 1.31. The lowest BCUT2D eigenvalue weighted by Crippen LogP contribution is -2.38. The predicted molar refractivity (Wildman–Crippen MR) is 40.0 cm³/mol. The molecular weight excluding hydrogens is 144 g/mol. The minimum atomic E-state index is -0.355. The van der Waals surface area contributed by atoms with Crippen molar-refractivity contribution in [3.05, 3.63) is 0 Å². The largest absolute Gasteiger partial charge is 0.460 e. The molecule has 0 spiro atoms. The van der Waals surface area contributed by atoms with E-state index in [0.29, 0.717) is 0 Å². The second-order valence-corrected chi connectivity index (χ2v) is 3.63. The van der Waals surface area contributed by atoms with Crippen LogP contribution in [-0.2, 0) is 9.53 Å². The molecule has 11 heavy (non-hydrogen) atoms. The van der Waals surface area contributed by atoms with Crippen molar-refractivity contribution in [2.45, 2.75) is 32.8 Å². The topological polar surface area (TPSA) is 46.5 Å². The summed E-state index contributed by atoms with van der Waals surface area (Å²) in [6, 6.07) is 0. The Kier molecular flexibility index (Phi) is 2.18. The van der Waals surface area contributed by atoms with Gasteiger partial charge in [0.25, 0.3) is 0 Å². The highest BCUT2D eigenvalue weighted by Gasteiger charge is 2.36. The van der Waals surface area contributed by atoms with Crippen molar-refractivity contribution in [2.24, 2.45) is 5.41 Å². The molecule has 1 unspecified atom stereocenters. The van der Waals surface area contributed by atoms with Crippen LogP contribution in [0.25, 0.3) is 0 Å². The van der Waals surface area contributed by atoms with Crippen molar-refractivity contribution in [3.8, 4) is 0 Å². The number of esters is 1. The van der Waals surface area contributed by atoms with Gasteiger partial charge in [0.2, 0.25) is 0 Å². The van der Waals surface area contributed by atoms with Crippen molar-refractivity contribution >= 4 is 5.97 Å². The molecule has 1 atom stereocenters. The van der Waals surface area contributed by atoms with E-state index in [1.807, 2.05) is 13.8 Å². The number of rotatable bonds is 1. The Morgan fingerprint density at radius 2 is 2.36 bits per heavy atom. The SMILES string of the molecule is CC1(C)CCC(CO)OC1=O. The molecule has 3 nitrogen and oxygen atoms in total. The van der Waals surface area contributed by atoms with E-state index >= 15 is 0 Å². The Balaban J connectivity index is 2.55. The summed E-state index contributed by atoms with van der Waals surface area (Å²) in [5.74, 6) is -0.192. The van der Waals surface area contributed by atoms with Gasteiger partial charge in [0.15, 0.2) is 0 Å². The molecule has 0 amide bonds. The van der Waals surface area contributed by atoms with Crippen LogP contribution in [0.15, 0.2) is 0 Å². The molecule has 0 aromatic carbocycles. The molecule has 1 heterocycles. The van der Waals surface area contributed by atoms with Gasteiger partial charge in [0, 0.05) is 0 Å². The minimum absolute atomic E-state index is 0.0537. The average molecular weight is 158 g/mol. The zero-order valence-corrected chi connectivity index (χ0v) is 6.96. The standard InChI is InChI=1S/C8H14O3/c1-8(2)4-3-6(5-9)11-7(8)10/h6,9H,3-5H2,1-2H3. The molecule has 1 aliphatic heterocycles. The number of aliphatic hydroxyl groups is 1. The van der Waals surface area contributed by atoms with Crippen LogP contribution < -0.4 is 0 Å². The Morgan fingerprint density at radius 1 is 1.73 bits per heavy atom. The molecule has 64 valence electrons. The minimum Gasteiger partial charge on any atom is -0.460 e. The number of carbonyl (C=O) groups excluding carboxylic acids is 1. The lowest BCUT2D eigenvalue weighted by molar-refractivity contribution is -0.170. The van der Waals surface area contributed by atoms with Crippen LogP contribution >= 0.6 is 0 Å². The zero-order chi connectivity index (χ0) is 8.48. The molecule has 0 bridgehead atoms. The van der Waals surface area contributed by atoms with Gasteiger partial charge in [-0.1, -0.05) is 0 Å². The second-order valence-electron chi connectivity index (χ2n) is 3.63. The summed E-state index contributed by atoms with van der Waals surface area (Å²) < 4.78 is 4.96. The number of aliphatic hydroxyl groups excluding tert-OH is 1. The van der Waals surface area contributed by atoms with Gasteiger partial charge >= 0.3 is 5.97 Å². The molecule has 0 aliphatic carbocycles. The van der Waals surface area contributed by atoms with Crippen molar-refractivity contribution in [2.75, 3.05) is 6.61 Å². The molecule has 1 N–H and O–H groups in total. The van der Waals surface area contributed by atoms with Gasteiger partial charge in [-0.3, -0.25) is 4.79 Å². The number of hydrogen-bond acceptors (Lipinski definition) is 3. The molecular formula is C8H14O3. The lowest BCUT2D eigenvalue weighted by atomic mass is 9.84. The van der Waals surface area contributed by atoms with E-state index in [9.17, 15) is 4.79 Å². The van der Waals surface area contributed by atoms with E-state index in [-0.39, 0.29) is 24.1 Å². The maximum absolute atomic E-state index is 11.2. The summed E-state index contributed by atoms with van der Waals surface area (Å²) in [4.78, 5) is 11.2. The smallest absolute Gasteiger partial charge is 0.311 e. The third kappa shape index (κ3) is 1.71. The second kappa shape index (κ2) is 2.81. The number of cyclic esters (lactones) is 1. The van der Waals surface area contributed by atoms with Crippen molar-refractivity contribution < 1.29 is 14.6 Å². The highest BCUT2D eigenvalue weighted by Crippen LogP contribution is 2.30. The first-order valence-corrected chi connectivity index (χ1v) is 3.88. The van der Waals surface area contributed by atoms with Crippen LogP contribution in [-0.4, -0.2) is 23.8 Å². The quantitative estimate of drug-likeness (QED) is 0.572. The Morgan fingerprint density at radius 3 is 2.82 bits per heavy atom. The van der Waals surface area contributed by atoms with Crippen LogP contribution in [0.5, 0.6) is 0 Å². The fourth-order valence-corrected chi connectivity index (χ4v) is 1.12. The monoisotopic (exact) mass is 158 g/mol. The van der Waals surface area contributed by atoms with E-state index in [4.69, 9.17) is 9.84 Å². The van der Waals surface area contributed by atoms with Crippen LogP contribution in [0.4, 0.5) is 0 Å². The van der Waals surface area contributed by atoms with Crippen molar-refractivity contribution in [3.63, 3.8) is 0 Å². The fourth-order valence-electron chi connectivity index (χ4n) is 1.12. The molecule has 0 saturated carbocycles. The Bertz CT molecular complexity index is 163. The van der Waals surface area contributed by atoms with E-state index in [1.54, 1.807) is 0 Å². The number of carbonyl (C=O) groups is 1. The Hall–Kier alpha value is -0.570. The van der Waals surface area contributed by atoms with E-state index in [0.717, 1.165) is 12.8 Å². The lowest BCUT2D eigenvalue weighted by Gasteiger charge is -2.31. The number of hydrogen-bond donors (Lipinski definition) is 1. The van der Waals surface area contributed by atoms with Gasteiger partial charge in [-0.2, -0.15) is 0 Å². The van der Waals surface area contributed by atoms with Gasteiger partial charge < -0.3 is 9.84 Å². The van der Waals surface area contributed by atoms with E-state index in [2.05, 4.69) is 0 Å². The molecule has 0 aromatic heterocycles. The van der Waals surface area contributed by atoms with Gasteiger partial charge in [-0.15, -0.1) is 0 Å². The molecule has 3 heteroatoms. The molecule has 1 rings (SSSR count). The van der Waals surface area contributed by atoms with E-state index < -0.39 is 0 Å². The maximum Gasteiger partial charge on any atom is 0.311 e. The van der Waals surface area contributed by atoms with Crippen LogP contribution in [0.1, 0.15) is 26.7 Å². The van der Waals surface area contributed by atoms with Gasteiger partial charge in [0.1, 0.15) is 6.10 Å². The summed E-state index contributed by atoms with van der Waals surface area (Å²) in [5.41, 5.74) is -0.355. The molecule has 1 saturated heterocycles. The highest BCUT2D eigenvalue weighted by atomic mass is 16.6. The Labute approximate surface area is 66.4 Å². The van der Waals surface area contributed by atoms with Crippen LogP contribution in [0, 0.1) is 5.41 Å². The highest BCUT2D eigenvalue weighted by molar-refractivity contribution is 5.76. The molecule has 0 radical (unpaired) electrons. The van der Waals surface area contributed by atoms with Crippen molar-refractivity contribution in [1.29, 1.82) is 0 Å². The predicted octanol–water partition coefficient (Wildman–Crippen LogP) is 0.710. The third-order valence-corrected chi connectivity index (χ3v) is 2.12. The number of ether oxygens (including phenoxy) is 1. The van der Waals surface area contributed by atoms with Gasteiger partial charge in [0.05, 0.1) is 12.0 Å². The summed E-state index contributed by atoms with van der Waals surface area (Å²) in [6.45, 7) is 3.67. The molecule has 1 aliphatic rings. The maximum atomic E-state index is 11.2. The first-order chi connectivity index (χ1) is 5.06. The van der Waals surface area contributed by atoms with E-state index in [1.165, 1.54) is 0 Å². The molecule has 1 fully saturated rings.